The zero-order chi connectivity index (χ0) is 13.5. The molecule has 0 aliphatic carbocycles. The van der Waals surface area contributed by atoms with Gasteiger partial charge in [0.25, 0.3) is 0 Å². The quantitative estimate of drug-likeness (QED) is 0.595. The average molecular weight is 264 g/mol. The number of ether oxygens (including phenoxy) is 1. The van der Waals surface area contributed by atoms with Gasteiger partial charge >= 0.3 is 0 Å². The van der Waals surface area contributed by atoms with Crippen molar-refractivity contribution in [3.8, 4) is 17.3 Å². The standard InChI is InChI=1S/C16H12N2O2/c1-19-11-6-7-13-15(9-11)20-16(18-13)14-8-10-4-2-3-5-12(10)17-14/h2-9,17H,1H3. The number of aromatic nitrogens is 2. The molecule has 2 aromatic carbocycles. The Bertz CT molecular complexity index is 872. The van der Waals surface area contributed by atoms with Crippen molar-refractivity contribution in [2.24, 2.45) is 0 Å². The predicted molar refractivity (Wildman–Crippen MR) is 77.9 cm³/mol. The van der Waals surface area contributed by atoms with Crippen molar-refractivity contribution in [3.63, 3.8) is 0 Å². The molecule has 0 aliphatic rings. The van der Waals surface area contributed by atoms with Crippen LogP contribution in [0.25, 0.3) is 33.6 Å². The van der Waals surface area contributed by atoms with Crippen molar-refractivity contribution in [3.05, 3.63) is 48.5 Å². The molecule has 0 amide bonds. The number of para-hydroxylation sites is 1. The highest BCUT2D eigenvalue weighted by Crippen LogP contribution is 2.28. The monoisotopic (exact) mass is 264 g/mol. The smallest absolute Gasteiger partial charge is 0.244 e. The van der Waals surface area contributed by atoms with Crippen molar-refractivity contribution in [1.29, 1.82) is 0 Å². The molecule has 0 saturated heterocycles. The second kappa shape index (κ2) is 4.13. The molecule has 4 rings (SSSR count). The molecule has 0 aliphatic heterocycles. The molecule has 0 atom stereocenters. The molecule has 0 spiro atoms. The first kappa shape index (κ1) is 11.1. The molecule has 0 fully saturated rings. The van der Waals surface area contributed by atoms with Gasteiger partial charge in [0, 0.05) is 17.0 Å². The second-order valence-electron chi connectivity index (χ2n) is 4.62. The van der Waals surface area contributed by atoms with Crippen LogP contribution in [0.15, 0.2) is 52.9 Å². The van der Waals surface area contributed by atoms with Crippen molar-refractivity contribution >= 4 is 22.0 Å². The van der Waals surface area contributed by atoms with E-state index in [2.05, 4.69) is 16.0 Å². The molecular weight excluding hydrogens is 252 g/mol. The Balaban J connectivity index is 1.88. The summed E-state index contributed by atoms with van der Waals surface area (Å²) in [6, 6.07) is 15.7. The molecule has 4 heteroatoms. The number of hydrogen-bond acceptors (Lipinski definition) is 3. The SMILES string of the molecule is COc1ccc2nc(-c3cc4ccccc4[nH]3)oc2c1. The first-order valence-electron chi connectivity index (χ1n) is 6.36. The molecule has 1 N–H and O–H groups in total. The third-order valence-corrected chi connectivity index (χ3v) is 3.36. The van der Waals surface area contributed by atoms with E-state index in [0.717, 1.165) is 33.4 Å². The Kier molecular flexibility index (Phi) is 2.29. The maximum atomic E-state index is 5.80. The minimum absolute atomic E-state index is 0.587. The lowest BCUT2D eigenvalue weighted by Gasteiger charge is -1.95. The van der Waals surface area contributed by atoms with E-state index in [4.69, 9.17) is 9.15 Å². The van der Waals surface area contributed by atoms with E-state index in [9.17, 15) is 0 Å². The number of fused-ring (bicyclic) bond motifs is 2. The van der Waals surface area contributed by atoms with Crippen LogP contribution in [-0.4, -0.2) is 17.1 Å². The lowest BCUT2D eigenvalue weighted by Crippen LogP contribution is -1.80. The van der Waals surface area contributed by atoms with E-state index in [1.807, 2.05) is 42.5 Å². The van der Waals surface area contributed by atoms with E-state index in [1.54, 1.807) is 7.11 Å². The van der Waals surface area contributed by atoms with Gasteiger partial charge in [-0.3, -0.25) is 0 Å². The van der Waals surface area contributed by atoms with Gasteiger partial charge in [-0.15, -0.1) is 0 Å². The zero-order valence-electron chi connectivity index (χ0n) is 10.9. The third kappa shape index (κ3) is 1.66. The number of benzene rings is 2. The molecule has 98 valence electrons. The summed E-state index contributed by atoms with van der Waals surface area (Å²) >= 11 is 0. The van der Waals surface area contributed by atoms with E-state index in [1.165, 1.54) is 0 Å². The molecule has 0 radical (unpaired) electrons. The van der Waals surface area contributed by atoms with Gasteiger partial charge in [-0.25, -0.2) is 4.98 Å². The average Bonchev–Trinajstić information content (AvgIpc) is 3.09. The van der Waals surface area contributed by atoms with Gasteiger partial charge in [0.2, 0.25) is 5.89 Å². The summed E-state index contributed by atoms with van der Waals surface area (Å²) in [4.78, 5) is 7.81. The topological polar surface area (TPSA) is 51.0 Å². The normalized spacial score (nSPS) is 11.2. The van der Waals surface area contributed by atoms with Crippen LogP contribution in [0, 0.1) is 0 Å². The number of rotatable bonds is 2. The highest BCUT2D eigenvalue weighted by molar-refractivity contribution is 5.85. The fourth-order valence-corrected chi connectivity index (χ4v) is 2.34. The second-order valence-corrected chi connectivity index (χ2v) is 4.62. The Labute approximate surface area is 115 Å². The van der Waals surface area contributed by atoms with Crippen molar-refractivity contribution in [2.45, 2.75) is 0 Å². The molecule has 0 bridgehead atoms. The van der Waals surface area contributed by atoms with Crippen LogP contribution in [-0.2, 0) is 0 Å². The van der Waals surface area contributed by atoms with Crippen LogP contribution in [0.5, 0.6) is 5.75 Å². The highest BCUT2D eigenvalue weighted by Gasteiger charge is 2.11. The van der Waals surface area contributed by atoms with Crippen LogP contribution >= 0.6 is 0 Å². The summed E-state index contributed by atoms with van der Waals surface area (Å²) < 4.78 is 11.0. The van der Waals surface area contributed by atoms with Crippen LogP contribution in [0.1, 0.15) is 0 Å². The Morgan fingerprint density at radius 1 is 1.10 bits per heavy atom. The minimum Gasteiger partial charge on any atom is -0.497 e. The Morgan fingerprint density at radius 2 is 2.00 bits per heavy atom. The summed E-state index contributed by atoms with van der Waals surface area (Å²) in [5, 5.41) is 1.14. The number of nitrogens with zero attached hydrogens (tertiary/aromatic N) is 1. The lowest BCUT2D eigenvalue weighted by molar-refractivity contribution is 0.414. The number of oxazole rings is 1. The summed E-state index contributed by atoms with van der Waals surface area (Å²) in [6.45, 7) is 0. The van der Waals surface area contributed by atoms with Crippen molar-refractivity contribution in [1.82, 2.24) is 9.97 Å². The molecule has 20 heavy (non-hydrogen) atoms. The molecule has 4 aromatic rings. The molecule has 0 saturated carbocycles. The number of H-pyrrole nitrogens is 1. The van der Waals surface area contributed by atoms with Gasteiger partial charge in [-0.05, 0) is 24.3 Å². The van der Waals surface area contributed by atoms with Gasteiger partial charge in [0.15, 0.2) is 5.58 Å². The van der Waals surface area contributed by atoms with Gasteiger partial charge < -0.3 is 14.1 Å². The van der Waals surface area contributed by atoms with Crippen LogP contribution in [0.2, 0.25) is 0 Å². The first-order valence-corrected chi connectivity index (χ1v) is 6.36. The number of hydrogen-bond donors (Lipinski definition) is 1. The zero-order valence-corrected chi connectivity index (χ0v) is 10.9. The molecule has 4 nitrogen and oxygen atoms in total. The molecular formula is C16H12N2O2. The van der Waals surface area contributed by atoms with Gasteiger partial charge in [-0.2, -0.15) is 0 Å². The van der Waals surface area contributed by atoms with Crippen LogP contribution in [0.3, 0.4) is 0 Å². The van der Waals surface area contributed by atoms with Gasteiger partial charge in [0.05, 0.1) is 7.11 Å². The number of nitrogens with one attached hydrogen (secondary N) is 1. The van der Waals surface area contributed by atoms with Crippen LogP contribution < -0.4 is 4.74 Å². The Morgan fingerprint density at radius 3 is 2.85 bits per heavy atom. The summed E-state index contributed by atoms with van der Waals surface area (Å²) in [6.07, 6.45) is 0. The van der Waals surface area contributed by atoms with E-state index in [-0.39, 0.29) is 0 Å². The fourth-order valence-electron chi connectivity index (χ4n) is 2.34. The van der Waals surface area contributed by atoms with Gasteiger partial charge in [0.1, 0.15) is 17.0 Å². The molecule has 2 heterocycles. The van der Waals surface area contributed by atoms with Crippen LogP contribution in [0.4, 0.5) is 0 Å². The van der Waals surface area contributed by atoms with E-state index < -0.39 is 0 Å². The summed E-state index contributed by atoms with van der Waals surface area (Å²) in [5.74, 6) is 1.35. The lowest BCUT2D eigenvalue weighted by atomic mass is 10.2. The maximum absolute atomic E-state index is 5.80. The minimum atomic E-state index is 0.587. The van der Waals surface area contributed by atoms with E-state index in [0.29, 0.717) is 5.89 Å². The van der Waals surface area contributed by atoms with E-state index >= 15 is 0 Å². The van der Waals surface area contributed by atoms with Crippen molar-refractivity contribution in [2.75, 3.05) is 7.11 Å². The highest BCUT2D eigenvalue weighted by atomic mass is 16.5. The summed E-state index contributed by atoms with van der Waals surface area (Å²) in [7, 11) is 1.64. The maximum Gasteiger partial charge on any atom is 0.244 e. The largest absolute Gasteiger partial charge is 0.497 e. The molecule has 2 aromatic heterocycles. The predicted octanol–water partition coefficient (Wildman–Crippen LogP) is 3.98. The first-order chi connectivity index (χ1) is 9.83. The third-order valence-electron chi connectivity index (χ3n) is 3.36. The van der Waals surface area contributed by atoms with Gasteiger partial charge in [-0.1, -0.05) is 18.2 Å². The number of aromatic amines is 1. The summed E-state index contributed by atoms with van der Waals surface area (Å²) in [5.41, 5.74) is 3.49. The fraction of sp³-hybridized carbons (Fsp3) is 0.0625. The Hall–Kier alpha value is -2.75. The van der Waals surface area contributed by atoms with Crippen molar-refractivity contribution < 1.29 is 9.15 Å². The molecule has 0 unspecified atom stereocenters. The number of methoxy groups -OCH3 is 1.